The van der Waals surface area contributed by atoms with Crippen LogP contribution in [0.4, 0.5) is 0 Å². The van der Waals surface area contributed by atoms with E-state index in [1.54, 1.807) is 30.5 Å². The molecule has 1 aromatic heterocycles. The molecule has 2 rings (SSSR count). The molecule has 0 amide bonds. The third-order valence-corrected chi connectivity index (χ3v) is 3.21. The lowest BCUT2D eigenvalue weighted by Crippen LogP contribution is -1.94. The largest absolute Gasteiger partial charge is 0.477 e. The molecule has 0 unspecified atom stereocenters. The minimum absolute atomic E-state index is 0.00616. The Morgan fingerprint density at radius 1 is 1.15 bits per heavy atom. The molecule has 0 aliphatic heterocycles. The molecule has 7 nitrogen and oxygen atoms in total. The summed E-state index contributed by atoms with van der Waals surface area (Å²) < 4.78 is 24.7. The van der Waals surface area contributed by atoms with Crippen molar-refractivity contribution in [2.75, 3.05) is 0 Å². The number of isocyanates is 1. The van der Waals surface area contributed by atoms with Gasteiger partial charge in [-0.2, -0.15) is 8.42 Å². The van der Waals surface area contributed by atoms with E-state index >= 15 is 0 Å². The number of carbonyl (C=O) groups is 1. The highest BCUT2D eigenvalue weighted by Crippen LogP contribution is 2.09. The Balaban J connectivity index is 0.000000217. The maximum atomic E-state index is 11.0. The summed E-state index contributed by atoms with van der Waals surface area (Å²) in [5, 5.41) is 8.24. The quantitative estimate of drug-likeness (QED) is 0.656. The molecule has 1 heterocycles. The maximum absolute atomic E-state index is 11.0. The van der Waals surface area contributed by atoms with Crippen LogP contribution in [0.5, 0.6) is 0 Å². The summed E-state index contributed by atoms with van der Waals surface area (Å²) in [4.78, 5) is 22.3. The van der Waals surface area contributed by atoms with Crippen LogP contribution in [-0.2, 0) is 14.8 Å². The van der Waals surface area contributed by atoms with Crippen molar-refractivity contribution in [2.24, 2.45) is 4.40 Å². The third kappa shape index (κ3) is 4.52. The number of benzene rings is 1. The standard InChI is InChI=1S/C7H5NO3S.C5H5NO2/c9-6-8-12(10,11)7-4-2-1-3-5-7;7-5(8)4-2-1-3-6-4/h1-5H;1-3,6H,(H,7,8). The van der Waals surface area contributed by atoms with Gasteiger partial charge in [-0.05, 0) is 24.3 Å². The zero-order valence-electron chi connectivity index (χ0n) is 10.1. The molecule has 0 spiro atoms. The molecular formula is C12H10N2O5S. The summed E-state index contributed by atoms with van der Waals surface area (Å²) in [6, 6.07) is 10.6. The third-order valence-electron chi connectivity index (χ3n) is 2.03. The van der Waals surface area contributed by atoms with Crippen molar-refractivity contribution in [3.05, 3.63) is 54.4 Å². The Morgan fingerprint density at radius 3 is 2.20 bits per heavy atom. The minimum Gasteiger partial charge on any atom is -0.477 e. The molecule has 0 aliphatic carbocycles. The van der Waals surface area contributed by atoms with Gasteiger partial charge in [0.15, 0.2) is 0 Å². The van der Waals surface area contributed by atoms with Gasteiger partial charge in [0.05, 0.1) is 4.90 Å². The second-order valence-corrected chi connectivity index (χ2v) is 4.96. The topological polar surface area (TPSA) is 117 Å². The molecule has 0 radical (unpaired) electrons. The average Bonchev–Trinajstić information content (AvgIpc) is 2.94. The fourth-order valence-electron chi connectivity index (χ4n) is 1.16. The Labute approximate surface area is 114 Å². The molecule has 0 aliphatic rings. The fourth-order valence-corrected chi connectivity index (χ4v) is 1.86. The molecule has 2 N–H and O–H groups in total. The van der Waals surface area contributed by atoms with Gasteiger partial charge in [-0.25, -0.2) is 9.59 Å². The summed E-state index contributed by atoms with van der Waals surface area (Å²) in [5.74, 6) is -0.921. The number of nitrogens with one attached hydrogen (secondary N) is 1. The zero-order chi connectivity index (χ0) is 15.0. The number of hydrogen-bond donors (Lipinski definition) is 2. The van der Waals surface area contributed by atoms with E-state index in [1.807, 2.05) is 0 Å². The van der Waals surface area contributed by atoms with Crippen molar-refractivity contribution in [1.82, 2.24) is 4.98 Å². The van der Waals surface area contributed by atoms with Crippen molar-refractivity contribution in [3.63, 3.8) is 0 Å². The molecule has 0 atom stereocenters. The highest BCUT2D eigenvalue weighted by Gasteiger charge is 2.10. The Hall–Kier alpha value is -2.70. The molecular weight excluding hydrogens is 284 g/mol. The van der Waals surface area contributed by atoms with Crippen LogP contribution in [0.15, 0.2) is 58.0 Å². The first-order valence-electron chi connectivity index (χ1n) is 5.23. The molecule has 104 valence electrons. The molecule has 0 saturated heterocycles. The summed E-state index contributed by atoms with van der Waals surface area (Å²) in [6.07, 6.45) is 2.57. The lowest BCUT2D eigenvalue weighted by molar-refractivity contribution is 0.0691. The smallest absolute Gasteiger partial charge is 0.352 e. The summed E-state index contributed by atoms with van der Waals surface area (Å²) in [5.41, 5.74) is 0.227. The number of carboxylic acids is 1. The van der Waals surface area contributed by atoms with Crippen molar-refractivity contribution in [1.29, 1.82) is 0 Å². The van der Waals surface area contributed by atoms with Gasteiger partial charge in [0.2, 0.25) is 0 Å². The number of carbonyl (C=O) groups excluding carboxylic acids is 1. The van der Waals surface area contributed by atoms with Crippen LogP contribution in [0, 0.1) is 0 Å². The van der Waals surface area contributed by atoms with Gasteiger partial charge in [-0.3, -0.25) is 0 Å². The van der Waals surface area contributed by atoms with Crippen molar-refractivity contribution < 1.29 is 23.1 Å². The van der Waals surface area contributed by atoms with Gasteiger partial charge >= 0.3 is 5.97 Å². The Bertz CT molecular complexity index is 702. The number of aromatic carboxylic acids is 1. The molecule has 0 fully saturated rings. The van der Waals surface area contributed by atoms with E-state index in [1.165, 1.54) is 18.2 Å². The second-order valence-electron chi connectivity index (χ2n) is 3.36. The first-order chi connectivity index (χ1) is 9.47. The lowest BCUT2D eigenvalue weighted by atomic mass is 10.4. The van der Waals surface area contributed by atoms with Crippen molar-refractivity contribution in [3.8, 4) is 0 Å². The van der Waals surface area contributed by atoms with E-state index < -0.39 is 16.0 Å². The molecule has 1 aromatic carbocycles. The highest BCUT2D eigenvalue weighted by molar-refractivity contribution is 7.90. The number of aromatic nitrogens is 1. The number of H-pyrrole nitrogens is 1. The van der Waals surface area contributed by atoms with Crippen LogP contribution in [-0.4, -0.2) is 30.6 Å². The van der Waals surface area contributed by atoms with Gasteiger partial charge < -0.3 is 10.1 Å². The first-order valence-corrected chi connectivity index (χ1v) is 6.67. The van der Waals surface area contributed by atoms with Crippen molar-refractivity contribution in [2.45, 2.75) is 4.90 Å². The highest BCUT2D eigenvalue weighted by atomic mass is 32.2. The van der Waals surface area contributed by atoms with E-state index in [-0.39, 0.29) is 10.6 Å². The summed E-state index contributed by atoms with van der Waals surface area (Å²) in [7, 11) is -3.81. The SMILES string of the molecule is O=C(O)c1ccc[nH]1.O=C=NS(=O)(=O)c1ccccc1. The monoisotopic (exact) mass is 294 g/mol. The predicted octanol–water partition coefficient (Wildman–Crippen LogP) is 1.42. The van der Waals surface area contributed by atoms with E-state index in [2.05, 4.69) is 9.38 Å². The maximum Gasteiger partial charge on any atom is 0.352 e. The normalized spacial score (nSPS) is 9.80. The zero-order valence-corrected chi connectivity index (χ0v) is 10.9. The molecule has 2 aromatic rings. The minimum atomic E-state index is -3.81. The van der Waals surface area contributed by atoms with Gasteiger partial charge in [0.1, 0.15) is 5.69 Å². The van der Waals surface area contributed by atoms with Gasteiger partial charge in [-0.15, -0.1) is 0 Å². The molecule has 0 bridgehead atoms. The van der Waals surface area contributed by atoms with Crippen molar-refractivity contribution >= 4 is 22.1 Å². The van der Waals surface area contributed by atoms with Crippen LogP contribution in [0.3, 0.4) is 0 Å². The summed E-state index contributed by atoms with van der Waals surface area (Å²) in [6.45, 7) is 0. The van der Waals surface area contributed by atoms with E-state index in [0.29, 0.717) is 0 Å². The first kappa shape index (κ1) is 15.4. The average molecular weight is 294 g/mol. The lowest BCUT2D eigenvalue weighted by Gasteiger charge is -1.92. The molecule has 20 heavy (non-hydrogen) atoms. The van der Waals surface area contributed by atoms with Crippen LogP contribution in [0.25, 0.3) is 0 Å². The van der Waals surface area contributed by atoms with E-state index in [9.17, 15) is 18.0 Å². The second kappa shape index (κ2) is 7.03. The number of hydrogen-bond acceptors (Lipinski definition) is 4. The van der Waals surface area contributed by atoms with E-state index in [0.717, 1.165) is 6.08 Å². The molecule has 0 saturated carbocycles. The van der Waals surface area contributed by atoms with E-state index in [4.69, 9.17) is 5.11 Å². The number of sulfonamides is 1. The van der Waals surface area contributed by atoms with Gasteiger partial charge in [-0.1, -0.05) is 22.6 Å². The van der Waals surface area contributed by atoms with Crippen LogP contribution in [0.2, 0.25) is 0 Å². The van der Waals surface area contributed by atoms with Gasteiger partial charge in [0, 0.05) is 6.20 Å². The predicted molar refractivity (Wildman–Crippen MR) is 69.5 cm³/mol. The number of aromatic amines is 1. The number of carboxylic acid groups (broad SMARTS) is 1. The van der Waals surface area contributed by atoms with Gasteiger partial charge in [0.25, 0.3) is 16.1 Å². The Kier molecular flexibility index (Phi) is 5.40. The Morgan fingerprint density at radius 2 is 1.80 bits per heavy atom. The number of rotatable bonds is 3. The van der Waals surface area contributed by atoms with Crippen LogP contribution >= 0.6 is 0 Å². The fraction of sp³-hybridized carbons (Fsp3) is 0. The number of nitrogens with zero attached hydrogens (tertiary/aromatic N) is 1. The molecule has 8 heteroatoms. The van der Waals surface area contributed by atoms with Crippen LogP contribution in [0.1, 0.15) is 10.5 Å². The summed E-state index contributed by atoms with van der Waals surface area (Å²) >= 11 is 0. The van der Waals surface area contributed by atoms with Crippen LogP contribution < -0.4 is 0 Å².